The van der Waals surface area contributed by atoms with E-state index in [-0.39, 0.29) is 17.6 Å². The van der Waals surface area contributed by atoms with E-state index < -0.39 is 6.10 Å². The Morgan fingerprint density at radius 3 is 3.00 bits per heavy atom. The van der Waals surface area contributed by atoms with Crippen LogP contribution in [0.1, 0.15) is 31.1 Å². The minimum absolute atomic E-state index is 0.0439. The number of aliphatic hydroxyl groups is 1. The van der Waals surface area contributed by atoms with E-state index in [1.165, 1.54) is 16.9 Å². The molecule has 1 fully saturated rings. The minimum atomic E-state index is -0.726. The highest BCUT2D eigenvalue weighted by atomic mass is 16.4. The Hall–Kier alpha value is -2.54. The number of aryl methyl sites for hydroxylation is 1. The van der Waals surface area contributed by atoms with E-state index in [4.69, 9.17) is 4.42 Å². The van der Waals surface area contributed by atoms with Gasteiger partial charge in [-0.2, -0.15) is 0 Å². The van der Waals surface area contributed by atoms with Crippen LogP contribution in [-0.2, 0) is 7.05 Å². The molecule has 24 heavy (non-hydrogen) atoms. The smallest absolute Gasteiger partial charge is 0.322 e. The number of furan rings is 1. The van der Waals surface area contributed by atoms with Crippen molar-refractivity contribution in [3.63, 3.8) is 0 Å². The number of pyridine rings is 1. The van der Waals surface area contributed by atoms with Gasteiger partial charge in [-0.3, -0.25) is 4.79 Å². The molecule has 1 saturated heterocycles. The van der Waals surface area contributed by atoms with Crippen LogP contribution >= 0.6 is 0 Å². The number of aliphatic hydroxyl groups excluding tert-OH is 1. The largest absolute Gasteiger partial charge is 0.467 e. The van der Waals surface area contributed by atoms with Crippen LogP contribution in [0.3, 0.4) is 0 Å². The molecular formula is C17H21N3O4. The molecule has 0 aliphatic carbocycles. The summed E-state index contributed by atoms with van der Waals surface area (Å²) in [7, 11) is 1.64. The zero-order valence-corrected chi connectivity index (χ0v) is 13.5. The maximum absolute atomic E-state index is 12.5. The summed E-state index contributed by atoms with van der Waals surface area (Å²) in [5.41, 5.74) is 0.438. The number of amides is 2. The quantitative estimate of drug-likeness (QED) is 0.898. The van der Waals surface area contributed by atoms with Crippen LogP contribution in [0.25, 0.3) is 0 Å². The third-order valence-electron chi connectivity index (χ3n) is 4.34. The fourth-order valence-corrected chi connectivity index (χ4v) is 3.07. The maximum atomic E-state index is 12.5. The van der Waals surface area contributed by atoms with E-state index in [0.717, 1.165) is 12.8 Å². The van der Waals surface area contributed by atoms with Crippen LogP contribution in [0.2, 0.25) is 0 Å². The first-order valence-corrected chi connectivity index (χ1v) is 8.00. The van der Waals surface area contributed by atoms with Crippen molar-refractivity contribution in [3.8, 4) is 0 Å². The van der Waals surface area contributed by atoms with Gasteiger partial charge in [-0.25, -0.2) is 4.79 Å². The van der Waals surface area contributed by atoms with Gasteiger partial charge in [0.1, 0.15) is 11.9 Å². The van der Waals surface area contributed by atoms with E-state index in [9.17, 15) is 14.7 Å². The van der Waals surface area contributed by atoms with E-state index in [1.807, 2.05) is 0 Å². The van der Waals surface area contributed by atoms with Gasteiger partial charge in [0.15, 0.2) is 0 Å². The second-order valence-corrected chi connectivity index (χ2v) is 6.05. The molecule has 2 aromatic rings. The van der Waals surface area contributed by atoms with E-state index in [2.05, 4.69) is 5.32 Å². The molecule has 1 aliphatic rings. The molecule has 1 aliphatic heterocycles. The Balaban J connectivity index is 1.64. The molecule has 2 aromatic heterocycles. The van der Waals surface area contributed by atoms with E-state index in [1.54, 1.807) is 36.3 Å². The summed E-state index contributed by atoms with van der Waals surface area (Å²) >= 11 is 0. The zero-order valence-electron chi connectivity index (χ0n) is 13.5. The number of likely N-dealkylation sites (tertiary alicyclic amines) is 1. The molecule has 2 unspecified atom stereocenters. The first-order chi connectivity index (χ1) is 11.5. The van der Waals surface area contributed by atoms with Crippen molar-refractivity contribution in [2.75, 3.05) is 11.9 Å². The maximum Gasteiger partial charge on any atom is 0.322 e. The molecule has 2 N–H and O–H groups in total. The van der Waals surface area contributed by atoms with Crippen LogP contribution in [0.5, 0.6) is 0 Å². The number of anilines is 1. The summed E-state index contributed by atoms with van der Waals surface area (Å²) in [6.45, 7) is 0.646. The van der Waals surface area contributed by atoms with E-state index >= 15 is 0 Å². The zero-order chi connectivity index (χ0) is 17.1. The van der Waals surface area contributed by atoms with Crippen molar-refractivity contribution >= 4 is 11.7 Å². The topological polar surface area (TPSA) is 87.7 Å². The molecule has 0 saturated carbocycles. The molecule has 2 amide bonds. The van der Waals surface area contributed by atoms with Crippen LogP contribution in [0.4, 0.5) is 10.5 Å². The predicted octanol–water partition coefficient (Wildman–Crippen LogP) is 2.10. The molecule has 0 bridgehead atoms. The number of hydrogen-bond donors (Lipinski definition) is 2. The molecule has 0 spiro atoms. The summed E-state index contributed by atoms with van der Waals surface area (Å²) in [6, 6.07) is 6.20. The highest BCUT2D eigenvalue weighted by Gasteiger charge is 2.31. The predicted molar refractivity (Wildman–Crippen MR) is 88.7 cm³/mol. The first-order valence-electron chi connectivity index (χ1n) is 8.00. The summed E-state index contributed by atoms with van der Waals surface area (Å²) < 4.78 is 6.63. The van der Waals surface area contributed by atoms with Crippen molar-refractivity contribution in [2.45, 2.75) is 31.4 Å². The highest BCUT2D eigenvalue weighted by Crippen LogP contribution is 2.28. The second-order valence-electron chi connectivity index (χ2n) is 6.05. The standard InChI is InChI=1S/C17H21N3O4/c1-19-11-12(6-7-16(19)22)18-17(23)20-8-2-4-13(20)10-14(21)15-5-3-9-24-15/h3,5-7,9,11,13-14,21H,2,4,8,10H2,1H3,(H,18,23). The van der Waals surface area contributed by atoms with Crippen molar-refractivity contribution in [1.82, 2.24) is 9.47 Å². The lowest BCUT2D eigenvalue weighted by atomic mass is 10.1. The molecule has 7 heteroatoms. The number of urea groups is 1. The number of nitrogens with one attached hydrogen (secondary N) is 1. The molecule has 128 valence electrons. The van der Waals surface area contributed by atoms with Gasteiger partial charge in [-0.1, -0.05) is 0 Å². The Morgan fingerprint density at radius 1 is 1.46 bits per heavy atom. The number of rotatable bonds is 4. The van der Waals surface area contributed by atoms with Crippen LogP contribution < -0.4 is 10.9 Å². The number of carbonyl (C=O) groups is 1. The van der Waals surface area contributed by atoms with Crippen molar-refractivity contribution in [3.05, 3.63) is 52.8 Å². The van der Waals surface area contributed by atoms with Crippen LogP contribution in [-0.4, -0.2) is 33.2 Å². The molecule has 7 nitrogen and oxygen atoms in total. The van der Waals surface area contributed by atoms with Gasteiger partial charge in [0.05, 0.1) is 12.0 Å². The molecule has 2 atom stereocenters. The molecule has 0 aromatic carbocycles. The lowest BCUT2D eigenvalue weighted by Crippen LogP contribution is -2.39. The van der Waals surface area contributed by atoms with Gasteiger partial charge in [0.25, 0.3) is 0 Å². The number of carbonyl (C=O) groups excluding carboxylic acids is 1. The van der Waals surface area contributed by atoms with Gasteiger partial charge in [0.2, 0.25) is 5.56 Å². The van der Waals surface area contributed by atoms with Gasteiger partial charge >= 0.3 is 6.03 Å². The van der Waals surface area contributed by atoms with Crippen molar-refractivity contribution in [2.24, 2.45) is 7.05 Å². The average molecular weight is 331 g/mol. The fourth-order valence-electron chi connectivity index (χ4n) is 3.07. The molecule has 3 heterocycles. The van der Waals surface area contributed by atoms with Crippen molar-refractivity contribution < 1.29 is 14.3 Å². The summed E-state index contributed by atoms with van der Waals surface area (Å²) in [5, 5.41) is 13.0. The number of nitrogens with zero attached hydrogens (tertiary/aromatic N) is 2. The SMILES string of the molecule is Cn1cc(NC(=O)N2CCCC2CC(O)c2ccco2)ccc1=O. The van der Waals surface area contributed by atoms with Gasteiger partial charge in [-0.15, -0.1) is 0 Å². The molecule has 0 radical (unpaired) electrons. The van der Waals surface area contributed by atoms with Crippen LogP contribution in [0.15, 0.2) is 45.9 Å². The Bertz CT molecular complexity index is 753. The number of aromatic nitrogens is 1. The summed E-state index contributed by atoms with van der Waals surface area (Å²) in [4.78, 5) is 25.6. The van der Waals surface area contributed by atoms with Crippen LogP contribution in [0, 0.1) is 0 Å². The normalized spacial score (nSPS) is 18.6. The Labute approximate surface area is 139 Å². The molecule has 3 rings (SSSR count). The Kier molecular flexibility index (Phi) is 4.71. The number of hydrogen-bond acceptors (Lipinski definition) is 4. The van der Waals surface area contributed by atoms with E-state index in [0.29, 0.717) is 24.4 Å². The summed E-state index contributed by atoms with van der Waals surface area (Å²) in [6.07, 6.45) is 4.57. The first kappa shape index (κ1) is 16.3. The lowest BCUT2D eigenvalue weighted by molar-refractivity contribution is 0.110. The third kappa shape index (κ3) is 3.51. The lowest BCUT2D eigenvalue weighted by Gasteiger charge is -2.26. The van der Waals surface area contributed by atoms with Crippen molar-refractivity contribution in [1.29, 1.82) is 0 Å². The molecular weight excluding hydrogens is 310 g/mol. The third-order valence-corrected chi connectivity index (χ3v) is 4.34. The summed E-state index contributed by atoms with van der Waals surface area (Å²) in [5.74, 6) is 0.514. The monoisotopic (exact) mass is 331 g/mol. The Morgan fingerprint density at radius 2 is 2.29 bits per heavy atom. The van der Waals surface area contributed by atoms with Gasteiger partial charge in [0, 0.05) is 38.3 Å². The van der Waals surface area contributed by atoms with Gasteiger partial charge in [-0.05, 0) is 31.0 Å². The van der Waals surface area contributed by atoms with Gasteiger partial charge < -0.3 is 24.3 Å². The highest BCUT2D eigenvalue weighted by molar-refractivity contribution is 5.89. The fraction of sp³-hybridized carbons (Fsp3) is 0.412. The average Bonchev–Trinajstić information content (AvgIpc) is 3.22. The minimum Gasteiger partial charge on any atom is -0.467 e. The second kappa shape index (κ2) is 6.92.